The Labute approximate surface area is 105 Å². The van der Waals surface area contributed by atoms with E-state index in [9.17, 15) is 5.11 Å². The van der Waals surface area contributed by atoms with Crippen LogP contribution < -0.4 is 4.90 Å². The lowest BCUT2D eigenvalue weighted by molar-refractivity contribution is 0.281. The monoisotopic (exact) mass is 245 g/mol. The molecule has 0 unspecified atom stereocenters. The molecule has 0 fully saturated rings. The fraction of sp³-hybridized carbons (Fsp3) is 0.417. The van der Waals surface area contributed by atoms with Crippen molar-refractivity contribution in [2.24, 2.45) is 0 Å². The molecule has 6 heteroatoms. The minimum Gasteiger partial charge on any atom is -0.392 e. The van der Waals surface area contributed by atoms with Crippen molar-refractivity contribution in [3.8, 4) is 0 Å². The Balaban J connectivity index is 1.94. The maximum Gasteiger partial charge on any atom is 0.152 e. The minimum absolute atomic E-state index is 0.00576. The minimum atomic E-state index is 0.00576. The molecule has 0 amide bonds. The van der Waals surface area contributed by atoms with Gasteiger partial charge in [-0.2, -0.15) is 0 Å². The first-order valence-corrected chi connectivity index (χ1v) is 5.96. The van der Waals surface area contributed by atoms with Gasteiger partial charge in [-0.25, -0.2) is 0 Å². The molecule has 0 aliphatic carbocycles. The van der Waals surface area contributed by atoms with Gasteiger partial charge in [-0.1, -0.05) is 0 Å². The number of hydrogen-bond acceptors (Lipinski definition) is 5. The van der Waals surface area contributed by atoms with Crippen molar-refractivity contribution in [2.45, 2.75) is 26.6 Å². The van der Waals surface area contributed by atoms with Crippen LogP contribution in [0.1, 0.15) is 17.1 Å². The molecule has 6 nitrogen and oxygen atoms in total. The van der Waals surface area contributed by atoms with E-state index in [2.05, 4.69) is 24.6 Å². The maximum atomic E-state index is 9.40. The summed E-state index contributed by atoms with van der Waals surface area (Å²) < 4.78 is 2.06. The number of pyridine rings is 1. The topological polar surface area (TPSA) is 67.1 Å². The van der Waals surface area contributed by atoms with E-state index < -0.39 is 0 Å². The summed E-state index contributed by atoms with van der Waals surface area (Å²) in [5.74, 6) is 0.958. The Morgan fingerprint density at radius 1 is 1.39 bits per heavy atom. The van der Waals surface area contributed by atoms with E-state index in [-0.39, 0.29) is 6.61 Å². The van der Waals surface area contributed by atoms with E-state index in [0.717, 1.165) is 42.4 Å². The summed E-state index contributed by atoms with van der Waals surface area (Å²) in [6.45, 7) is 4.44. The molecule has 1 aliphatic rings. The molecule has 0 aromatic carbocycles. The molecule has 0 saturated heterocycles. The smallest absolute Gasteiger partial charge is 0.152 e. The molecule has 1 N–H and O–H groups in total. The summed E-state index contributed by atoms with van der Waals surface area (Å²) >= 11 is 0. The fourth-order valence-corrected chi connectivity index (χ4v) is 2.26. The zero-order valence-electron chi connectivity index (χ0n) is 10.2. The van der Waals surface area contributed by atoms with Crippen molar-refractivity contribution in [2.75, 3.05) is 11.4 Å². The van der Waals surface area contributed by atoms with Crippen molar-refractivity contribution in [1.29, 1.82) is 0 Å². The number of aliphatic hydroxyl groups excluding tert-OH is 1. The lowest BCUT2D eigenvalue weighted by Gasteiger charge is -2.30. The van der Waals surface area contributed by atoms with Gasteiger partial charge in [-0.3, -0.25) is 4.98 Å². The van der Waals surface area contributed by atoms with Crippen LogP contribution in [0.2, 0.25) is 0 Å². The molecule has 1 aliphatic heterocycles. The van der Waals surface area contributed by atoms with Crippen molar-refractivity contribution < 1.29 is 5.11 Å². The predicted octanol–water partition coefficient (Wildman–Crippen LogP) is 0.494. The highest BCUT2D eigenvalue weighted by Crippen LogP contribution is 2.24. The van der Waals surface area contributed by atoms with E-state index in [1.54, 1.807) is 12.5 Å². The molecule has 0 saturated carbocycles. The summed E-state index contributed by atoms with van der Waals surface area (Å²) in [4.78, 5) is 6.43. The highest BCUT2D eigenvalue weighted by molar-refractivity contribution is 5.53. The van der Waals surface area contributed by atoms with Gasteiger partial charge >= 0.3 is 0 Å². The average Bonchev–Trinajstić information content (AvgIpc) is 2.85. The Morgan fingerprint density at radius 3 is 3.11 bits per heavy atom. The normalized spacial score (nSPS) is 14.7. The number of hydrogen-bond donors (Lipinski definition) is 1. The number of aryl methyl sites for hydroxylation is 1. The van der Waals surface area contributed by atoms with Crippen LogP contribution in [0.4, 0.5) is 5.69 Å². The Hall–Kier alpha value is -1.95. The Bertz CT molecular complexity index is 565. The summed E-state index contributed by atoms with van der Waals surface area (Å²) in [5, 5.41) is 17.4. The molecule has 0 radical (unpaired) electrons. The third-order valence-corrected chi connectivity index (χ3v) is 3.25. The second-order valence-electron chi connectivity index (χ2n) is 4.47. The highest BCUT2D eigenvalue weighted by atomic mass is 16.3. The van der Waals surface area contributed by atoms with Crippen LogP contribution >= 0.6 is 0 Å². The van der Waals surface area contributed by atoms with Crippen LogP contribution in [-0.4, -0.2) is 31.4 Å². The van der Waals surface area contributed by atoms with E-state index in [1.807, 2.05) is 13.0 Å². The maximum absolute atomic E-state index is 9.40. The molecule has 0 bridgehead atoms. The first kappa shape index (κ1) is 11.2. The number of aromatic nitrogens is 4. The first-order chi connectivity index (χ1) is 8.78. The van der Waals surface area contributed by atoms with E-state index in [1.165, 1.54) is 0 Å². The van der Waals surface area contributed by atoms with Crippen LogP contribution in [0, 0.1) is 6.92 Å². The van der Waals surface area contributed by atoms with Crippen LogP contribution in [0.25, 0.3) is 0 Å². The SMILES string of the molecule is Cc1cc(N2CCn3cnnc3C2)c(CO)cn1. The first-order valence-electron chi connectivity index (χ1n) is 5.96. The third kappa shape index (κ3) is 1.84. The summed E-state index contributed by atoms with van der Waals surface area (Å²) in [7, 11) is 0. The van der Waals surface area contributed by atoms with E-state index >= 15 is 0 Å². The van der Waals surface area contributed by atoms with Crippen LogP contribution in [-0.2, 0) is 19.7 Å². The lowest BCUT2D eigenvalue weighted by Crippen LogP contribution is -2.34. The zero-order chi connectivity index (χ0) is 12.5. The molecule has 18 heavy (non-hydrogen) atoms. The quantitative estimate of drug-likeness (QED) is 0.834. The fourth-order valence-electron chi connectivity index (χ4n) is 2.26. The Morgan fingerprint density at radius 2 is 2.28 bits per heavy atom. The van der Waals surface area contributed by atoms with Crippen LogP contribution in [0.5, 0.6) is 0 Å². The number of rotatable bonds is 2. The van der Waals surface area contributed by atoms with Crippen molar-refractivity contribution in [1.82, 2.24) is 19.7 Å². The zero-order valence-corrected chi connectivity index (χ0v) is 10.2. The standard InChI is InChI=1S/C12H15N5O/c1-9-4-11(10(7-18)5-13-9)16-2-3-17-8-14-15-12(17)6-16/h4-5,8,18H,2-3,6-7H2,1H3. The van der Waals surface area contributed by atoms with Crippen molar-refractivity contribution in [3.05, 3.63) is 35.7 Å². The largest absolute Gasteiger partial charge is 0.392 e. The molecular weight excluding hydrogens is 230 g/mol. The van der Waals surface area contributed by atoms with Crippen LogP contribution in [0.3, 0.4) is 0 Å². The molecule has 3 heterocycles. The van der Waals surface area contributed by atoms with Gasteiger partial charge in [0.1, 0.15) is 6.33 Å². The van der Waals surface area contributed by atoms with Gasteiger partial charge in [0, 0.05) is 36.2 Å². The van der Waals surface area contributed by atoms with Gasteiger partial charge in [-0.15, -0.1) is 10.2 Å². The number of aliphatic hydroxyl groups is 1. The molecule has 0 spiro atoms. The van der Waals surface area contributed by atoms with Crippen molar-refractivity contribution >= 4 is 5.69 Å². The molecule has 94 valence electrons. The number of anilines is 1. The van der Waals surface area contributed by atoms with Gasteiger partial charge in [0.25, 0.3) is 0 Å². The van der Waals surface area contributed by atoms with Gasteiger partial charge in [0.15, 0.2) is 5.82 Å². The van der Waals surface area contributed by atoms with Crippen LogP contribution in [0.15, 0.2) is 18.6 Å². The molecule has 3 rings (SSSR count). The average molecular weight is 245 g/mol. The third-order valence-electron chi connectivity index (χ3n) is 3.25. The second-order valence-corrected chi connectivity index (χ2v) is 4.47. The molecular formula is C12H15N5O. The van der Waals surface area contributed by atoms with Gasteiger partial charge in [0.2, 0.25) is 0 Å². The number of nitrogens with zero attached hydrogens (tertiary/aromatic N) is 5. The molecule has 2 aromatic heterocycles. The number of fused-ring (bicyclic) bond motifs is 1. The summed E-state index contributed by atoms with van der Waals surface area (Å²) in [6.07, 6.45) is 3.50. The predicted molar refractivity (Wildman–Crippen MR) is 66.0 cm³/mol. The molecule has 0 atom stereocenters. The lowest BCUT2D eigenvalue weighted by atomic mass is 10.2. The highest BCUT2D eigenvalue weighted by Gasteiger charge is 2.19. The molecule has 2 aromatic rings. The second kappa shape index (κ2) is 4.38. The Kier molecular flexibility index (Phi) is 2.71. The van der Waals surface area contributed by atoms with E-state index in [0.29, 0.717) is 0 Å². The van der Waals surface area contributed by atoms with Gasteiger partial charge in [-0.05, 0) is 13.0 Å². The van der Waals surface area contributed by atoms with Gasteiger partial charge in [0.05, 0.1) is 13.2 Å². The van der Waals surface area contributed by atoms with Crippen molar-refractivity contribution in [3.63, 3.8) is 0 Å². The van der Waals surface area contributed by atoms with Gasteiger partial charge < -0.3 is 14.6 Å². The van der Waals surface area contributed by atoms with E-state index in [4.69, 9.17) is 0 Å². The summed E-state index contributed by atoms with van der Waals surface area (Å²) in [5.41, 5.74) is 2.85. The summed E-state index contributed by atoms with van der Waals surface area (Å²) in [6, 6.07) is 2.01.